The van der Waals surface area contributed by atoms with E-state index in [0.717, 1.165) is 6.07 Å². The van der Waals surface area contributed by atoms with E-state index >= 15 is 0 Å². The molecule has 0 heterocycles. The van der Waals surface area contributed by atoms with Crippen molar-refractivity contribution in [1.82, 2.24) is 0 Å². The third kappa shape index (κ3) is 2.41. The van der Waals surface area contributed by atoms with Crippen molar-refractivity contribution in [2.45, 2.75) is 6.10 Å². The quantitative estimate of drug-likeness (QED) is 0.735. The van der Waals surface area contributed by atoms with Crippen molar-refractivity contribution >= 4 is 12.3 Å². The molecular weight excluding hydrogens is 226 g/mol. The van der Waals surface area contributed by atoms with Gasteiger partial charge in [0.25, 0.3) is 0 Å². The number of nitrogens with zero attached hydrogens (tertiary/aromatic N) is 1. The summed E-state index contributed by atoms with van der Waals surface area (Å²) in [7, 11) is 1.32. The van der Waals surface area contributed by atoms with Gasteiger partial charge in [-0.25, -0.2) is 4.79 Å². The van der Waals surface area contributed by atoms with Crippen molar-refractivity contribution in [3.63, 3.8) is 0 Å². The van der Waals surface area contributed by atoms with Gasteiger partial charge in [0.2, 0.25) is 0 Å². The van der Waals surface area contributed by atoms with Crippen molar-refractivity contribution in [2.75, 3.05) is 7.11 Å². The molecule has 0 aliphatic carbocycles. The number of hydrogen-bond acceptors (Lipinski definition) is 5. The molecular formula is C11H9NO5. The van der Waals surface area contributed by atoms with Gasteiger partial charge in [0.1, 0.15) is 11.8 Å². The molecule has 88 valence electrons. The lowest BCUT2D eigenvalue weighted by molar-refractivity contribution is -0.146. The first-order valence-corrected chi connectivity index (χ1v) is 4.53. The number of rotatable bonds is 4. The Kier molecular flexibility index (Phi) is 3.80. The van der Waals surface area contributed by atoms with Crippen LogP contribution in [0.3, 0.4) is 0 Å². The summed E-state index contributed by atoms with van der Waals surface area (Å²) >= 11 is 0. The van der Waals surface area contributed by atoms with Crippen LogP contribution in [0.25, 0.3) is 0 Å². The summed E-state index contributed by atoms with van der Waals surface area (Å²) in [5, 5.41) is 26.9. The summed E-state index contributed by atoms with van der Waals surface area (Å²) in [5.74, 6) is -1.35. The minimum atomic E-state index is -1.85. The number of hydrogen-bond donors (Lipinski definition) is 2. The molecule has 1 rings (SSSR count). The molecule has 1 atom stereocenters. The summed E-state index contributed by atoms with van der Waals surface area (Å²) < 4.78 is 4.86. The zero-order valence-corrected chi connectivity index (χ0v) is 8.88. The number of aliphatic carboxylic acids is 1. The highest BCUT2D eigenvalue weighted by molar-refractivity contribution is 5.84. The average Bonchev–Trinajstić information content (AvgIpc) is 2.35. The first-order chi connectivity index (χ1) is 8.04. The summed E-state index contributed by atoms with van der Waals surface area (Å²) in [6.07, 6.45) is -1.46. The first kappa shape index (κ1) is 12.7. The number of nitriles is 1. The lowest BCUT2D eigenvalue weighted by Gasteiger charge is -2.11. The molecule has 0 bridgehead atoms. The second-order valence-electron chi connectivity index (χ2n) is 3.15. The Morgan fingerprint density at radius 1 is 1.59 bits per heavy atom. The monoisotopic (exact) mass is 235 g/mol. The Hall–Kier alpha value is -2.39. The van der Waals surface area contributed by atoms with E-state index in [-0.39, 0.29) is 22.4 Å². The number of carboxylic acid groups (broad SMARTS) is 1. The van der Waals surface area contributed by atoms with Crippen LogP contribution in [0.1, 0.15) is 27.6 Å². The largest absolute Gasteiger partial charge is 0.495 e. The lowest BCUT2D eigenvalue weighted by atomic mass is 9.99. The summed E-state index contributed by atoms with van der Waals surface area (Å²) in [4.78, 5) is 21.4. The molecule has 0 spiro atoms. The number of aliphatic hydroxyl groups is 1. The Balaban J connectivity index is 3.45. The highest BCUT2D eigenvalue weighted by Gasteiger charge is 2.21. The Morgan fingerprint density at radius 2 is 2.24 bits per heavy atom. The molecule has 6 nitrogen and oxygen atoms in total. The van der Waals surface area contributed by atoms with Gasteiger partial charge in [0.05, 0.1) is 12.7 Å². The fraction of sp³-hybridized carbons (Fsp3) is 0.182. The molecule has 0 aromatic heterocycles. The maximum atomic E-state index is 10.8. The van der Waals surface area contributed by atoms with E-state index in [4.69, 9.17) is 15.1 Å². The molecule has 0 saturated carbocycles. The van der Waals surface area contributed by atoms with Crippen LogP contribution in [-0.4, -0.2) is 29.6 Å². The van der Waals surface area contributed by atoms with Crippen LogP contribution in [0, 0.1) is 11.3 Å². The number of carbonyl (C=O) groups is 2. The standard InChI is InChI=1S/C11H9NO5/c1-17-9-3-7(5-13)8(2-6(9)4-12)10(14)11(15)16/h2-3,5,10,14H,1H3,(H,15,16). The minimum absolute atomic E-state index is 0.0317. The van der Waals surface area contributed by atoms with Gasteiger partial charge >= 0.3 is 5.97 Å². The normalized spacial score (nSPS) is 11.4. The second kappa shape index (κ2) is 5.09. The van der Waals surface area contributed by atoms with Crippen LogP contribution in [-0.2, 0) is 4.79 Å². The summed E-state index contributed by atoms with van der Waals surface area (Å²) in [5.41, 5.74) is -0.117. The van der Waals surface area contributed by atoms with Gasteiger partial charge in [0.15, 0.2) is 12.4 Å². The van der Waals surface area contributed by atoms with Gasteiger partial charge in [-0.05, 0) is 12.1 Å². The third-order valence-corrected chi connectivity index (χ3v) is 2.18. The van der Waals surface area contributed by atoms with Crippen molar-refractivity contribution < 1.29 is 24.5 Å². The Bertz CT molecular complexity index is 503. The highest BCUT2D eigenvalue weighted by Crippen LogP contribution is 2.26. The molecule has 1 aromatic rings. The molecule has 0 radical (unpaired) electrons. The lowest BCUT2D eigenvalue weighted by Crippen LogP contribution is -2.13. The van der Waals surface area contributed by atoms with Crippen LogP contribution in [0.4, 0.5) is 0 Å². The first-order valence-electron chi connectivity index (χ1n) is 4.53. The van der Waals surface area contributed by atoms with Crippen LogP contribution in [0.5, 0.6) is 5.75 Å². The van der Waals surface area contributed by atoms with Crippen molar-refractivity contribution in [2.24, 2.45) is 0 Å². The molecule has 2 N–H and O–H groups in total. The van der Waals surface area contributed by atoms with Crippen LogP contribution in [0.15, 0.2) is 12.1 Å². The maximum Gasteiger partial charge on any atom is 0.337 e. The zero-order valence-electron chi connectivity index (χ0n) is 8.88. The number of aliphatic hydroxyl groups excluding tert-OH is 1. The molecule has 0 fully saturated rings. The number of ether oxygens (including phenoxy) is 1. The van der Waals surface area contributed by atoms with Gasteiger partial charge in [-0.15, -0.1) is 0 Å². The van der Waals surface area contributed by atoms with Crippen molar-refractivity contribution in [3.8, 4) is 11.8 Å². The van der Waals surface area contributed by atoms with Gasteiger partial charge in [-0.1, -0.05) is 0 Å². The van der Waals surface area contributed by atoms with E-state index < -0.39 is 12.1 Å². The van der Waals surface area contributed by atoms with Gasteiger partial charge in [0, 0.05) is 11.1 Å². The summed E-state index contributed by atoms with van der Waals surface area (Å²) in [6.45, 7) is 0. The molecule has 17 heavy (non-hydrogen) atoms. The van der Waals surface area contributed by atoms with Crippen LogP contribution < -0.4 is 4.74 Å². The number of aldehydes is 1. The molecule has 1 aromatic carbocycles. The SMILES string of the molecule is COc1cc(C=O)c(C(O)C(=O)O)cc1C#N. The number of carboxylic acids is 1. The molecule has 0 amide bonds. The van der Waals surface area contributed by atoms with Crippen molar-refractivity contribution in [1.29, 1.82) is 5.26 Å². The number of methoxy groups -OCH3 is 1. The van der Waals surface area contributed by atoms with E-state index in [9.17, 15) is 14.7 Å². The van der Waals surface area contributed by atoms with E-state index in [1.807, 2.05) is 0 Å². The molecule has 6 heteroatoms. The number of benzene rings is 1. The Labute approximate surface area is 96.7 Å². The molecule has 1 unspecified atom stereocenters. The maximum absolute atomic E-state index is 10.8. The second-order valence-corrected chi connectivity index (χ2v) is 3.15. The topological polar surface area (TPSA) is 108 Å². The average molecular weight is 235 g/mol. The number of carbonyl (C=O) groups excluding carboxylic acids is 1. The Morgan fingerprint density at radius 3 is 2.65 bits per heavy atom. The van der Waals surface area contributed by atoms with E-state index in [0.29, 0.717) is 6.29 Å². The molecule has 0 aliphatic rings. The van der Waals surface area contributed by atoms with Crippen molar-refractivity contribution in [3.05, 3.63) is 28.8 Å². The third-order valence-electron chi connectivity index (χ3n) is 2.18. The van der Waals surface area contributed by atoms with E-state index in [1.54, 1.807) is 6.07 Å². The fourth-order valence-corrected chi connectivity index (χ4v) is 1.34. The minimum Gasteiger partial charge on any atom is -0.495 e. The smallest absolute Gasteiger partial charge is 0.337 e. The van der Waals surface area contributed by atoms with Gasteiger partial charge in [-0.3, -0.25) is 4.79 Å². The van der Waals surface area contributed by atoms with Crippen LogP contribution >= 0.6 is 0 Å². The highest BCUT2D eigenvalue weighted by atomic mass is 16.5. The van der Waals surface area contributed by atoms with E-state index in [2.05, 4.69) is 0 Å². The van der Waals surface area contributed by atoms with Gasteiger partial charge in [-0.2, -0.15) is 5.26 Å². The van der Waals surface area contributed by atoms with Gasteiger partial charge < -0.3 is 14.9 Å². The molecule has 0 saturated heterocycles. The predicted octanol–water partition coefficient (Wildman–Crippen LogP) is 0.497. The van der Waals surface area contributed by atoms with Crippen LogP contribution in [0.2, 0.25) is 0 Å². The molecule has 0 aliphatic heterocycles. The predicted molar refractivity (Wildman–Crippen MR) is 55.7 cm³/mol. The zero-order chi connectivity index (χ0) is 13.0. The summed E-state index contributed by atoms with van der Waals surface area (Å²) in [6, 6.07) is 4.13. The van der Waals surface area contributed by atoms with E-state index in [1.165, 1.54) is 13.2 Å². The fourth-order valence-electron chi connectivity index (χ4n) is 1.34.